The van der Waals surface area contributed by atoms with Gasteiger partial charge in [0, 0.05) is 110 Å². The first-order valence-corrected chi connectivity index (χ1v) is 24.0. The van der Waals surface area contributed by atoms with Crippen LogP contribution in [-0.4, -0.2) is 168 Å². The molecule has 1 saturated carbocycles. The van der Waals surface area contributed by atoms with Crippen molar-refractivity contribution < 1.29 is 43.3 Å². The fourth-order valence-electron chi connectivity index (χ4n) is 8.37. The average Bonchev–Trinajstić information content (AvgIpc) is 3.37. The van der Waals surface area contributed by atoms with Crippen LogP contribution in [0.2, 0.25) is 0 Å². The van der Waals surface area contributed by atoms with Crippen molar-refractivity contribution in [2.45, 2.75) is 70.4 Å². The number of nitrogens with two attached hydrogens (primary N) is 4. The van der Waals surface area contributed by atoms with E-state index in [1.54, 1.807) is 60.9 Å². The van der Waals surface area contributed by atoms with Gasteiger partial charge in [0.25, 0.3) is 0 Å². The standard InChI is InChI=1S/C34H48N8O6.C14H20N6O3/c35-27-11-7-25(8-12-27)23-37-31(43)39-15-19-41(20-16-39)33(45)47-29-3-1-4-30(6-2-5-29)48-34(46)42-21-17-40(18-22-42)32(44)38-24-26-9-13-28(36)14-10-26;15-12(16)18-11-3-1-10(2-4-11)9-17-13(21)19-5-7-20(8-6-19)14(22)23/h7-14,29-30H,1-6,15-24,35-36H2,(H,37,43)(H,38,44);1-4H,5-9H2,(H,17,21)(H,22,23)(H4,15,16,18). The Morgan fingerprint density at radius 2 is 0.775 bits per heavy atom. The highest BCUT2D eigenvalue weighted by Crippen LogP contribution is 2.24. The number of nitrogens with zero attached hydrogens (tertiary/aromatic N) is 7. The number of carboxylic acid groups (broad SMARTS) is 1. The Bertz CT molecular complexity index is 2140. The molecule has 3 aromatic rings. The molecular weight excluding hydrogens is 917 g/mol. The predicted molar refractivity (Wildman–Crippen MR) is 266 cm³/mol. The van der Waals surface area contributed by atoms with Gasteiger partial charge in [-0.3, -0.25) is 0 Å². The maximum atomic E-state index is 12.9. The number of guanidine groups is 1. The second-order valence-electron chi connectivity index (χ2n) is 17.7. The summed E-state index contributed by atoms with van der Waals surface area (Å²) in [6, 6.07) is 21.4. The van der Waals surface area contributed by atoms with Crippen LogP contribution in [0.4, 0.5) is 45.8 Å². The lowest BCUT2D eigenvalue weighted by atomic mass is 9.96. The van der Waals surface area contributed by atoms with Crippen LogP contribution in [0, 0.1) is 0 Å². The van der Waals surface area contributed by atoms with Crippen molar-refractivity contribution in [3.05, 3.63) is 89.5 Å². The summed E-state index contributed by atoms with van der Waals surface area (Å²) in [7, 11) is 0. The second-order valence-corrected chi connectivity index (χ2v) is 17.7. The molecule has 71 heavy (non-hydrogen) atoms. The van der Waals surface area contributed by atoms with Gasteiger partial charge in [0.2, 0.25) is 0 Å². The van der Waals surface area contributed by atoms with Gasteiger partial charge < -0.3 is 82.9 Å². The lowest BCUT2D eigenvalue weighted by Crippen LogP contribution is -2.53. The number of aliphatic imine (C=N–C) groups is 1. The van der Waals surface area contributed by atoms with Crippen molar-refractivity contribution in [1.29, 1.82) is 0 Å². The molecule has 7 rings (SSSR count). The molecular formula is C48H68N14O9. The lowest BCUT2D eigenvalue weighted by molar-refractivity contribution is 0.0196. The smallest absolute Gasteiger partial charge is 0.410 e. The molecule has 0 radical (unpaired) electrons. The van der Waals surface area contributed by atoms with Crippen LogP contribution >= 0.6 is 0 Å². The molecule has 3 aromatic carbocycles. The average molecular weight is 985 g/mol. The van der Waals surface area contributed by atoms with E-state index in [1.165, 1.54) is 4.90 Å². The number of nitrogens with one attached hydrogen (secondary N) is 3. The third-order valence-electron chi connectivity index (χ3n) is 12.6. The minimum absolute atomic E-state index is 0.00782. The Hall–Kier alpha value is -7.85. The number of rotatable bonds is 9. The molecule has 9 amide bonds. The third-order valence-corrected chi connectivity index (χ3v) is 12.6. The fraction of sp³-hybridized carbons (Fsp3) is 0.479. The van der Waals surface area contributed by atoms with E-state index < -0.39 is 6.09 Å². The summed E-state index contributed by atoms with van der Waals surface area (Å²) in [4.78, 5) is 87.4. The van der Waals surface area contributed by atoms with Crippen LogP contribution in [0.25, 0.3) is 0 Å². The number of urea groups is 3. The van der Waals surface area contributed by atoms with Crippen molar-refractivity contribution in [3.63, 3.8) is 0 Å². The van der Waals surface area contributed by atoms with Crippen molar-refractivity contribution in [2.24, 2.45) is 16.5 Å². The highest BCUT2D eigenvalue weighted by Gasteiger charge is 2.30. The Morgan fingerprint density at radius 1 is 0.479 bits per heavy atom. The van der Waals surface area contributed by atoms with Gasteiger partial charge in [-0.1, -0.05) is 36.4 Å². The van der Waals surface area contributed by atoms with Gasteiger partial charge in [0.05, 0.1) is 5.69 Å². The highest BCUT2D eigenvalue weighted by atomic mass is 16.6. The van der Waals surface area contributed by atoms with Crippen LogP contribution in [0.5, 0.6) is 0 Å². The van der Waals surface area contributed by atoms with E-state index in [-0.39, 0.29) is 48.4 Å². The van der Waals surface area contributed by atoms with Crippen molar-refractivity contribution >= 4 is 59.4 Å². The van der Waals surface area contributed by atoms with Crippen molar-refractivity contribution in [2.75, 3.05) is 90.0 Å². The van der Waals surface area contributed by atoms with Crippen LogP contribution in [-0.2, 0) is 29.1 Å². The first-order chi connectivity index (χ1) is 34.2. The zero-order chi connectivity index (χ0) is 50.7. The number of piperazine rings is 3. The quantitative estimate of drug-likeness (QED) is 0.0864. The topological polar surface area (TPSA) is 313 Å². The normalized spacial score (nSPS) is 18.3. The minimum Gasteiger partial charge on any atom is -0.465 e. The van der Waals surface area contributed by atoms with E-state index >= 15 is 0 Å². The molecule has 4 fully saturated rings. The number of anilines is 2. The maximum absolute atomic E-state index is 12.9. The summed E-state index contributed by atoms with van der Waals surface area (Å²) in [5, 5.41) is 17.5. The molecule has 3 heterocycles. The summed E-state index contributed by atoms with van der Waals surface area (Å²) < 4.78 is 11.7. The number of hydrogen-bond donors (Lipinski definition) is 8. The maximum Gasteiger partial charge on any atom is 0.410 e. The van der Waals surface area contributed by atoms with Gasteiger partial charge >= 0.3 is 36.4 Å². The number of ether oxygens (including phenoxy) is 2. The van der Waals surface area contributed by atoms with E-state index in [1.807, 2.05) is 36.4 Å². The van der Waals surface area contributed by atoms with E-state index in [2.05, 4.69) is 20.9 Å². The Labute approximate surface area is 413 Å². The number of benzene rings is 3. The van der Waals surface area contributed by atoms with Crippen LogP contribution in [0.3, 0.4) is 0 Å². The second kappa shape index (κ2) is 26.2. The van der Waals surface area contributed by atoms with Crippen LogP contribution < -0.4 is 38.9 Å². The number of carbonyl (C=O) groups excluding carboxylic acids is 5. The molecule has 4 aliphatic rings. The van der Waals surface area contributed by atoms with Gasteiger partial charge in [-0.25, -0.2) is 33.8 Å². The van der Waals surface area contributed by atoms with Crippen molar-refractivity contribution in [1.82, 2.24) is 45.3 Å². The summed E-state index contributed by atoms with van der Waals surface area (Å²) in [6.07, 6.45) is 2.37. The first-order valence-electron chi connectivity index (χ1n) is 24.0. The lowest BCUT2D eigenvalue weighted by Gasteiger charge is -2.36. The summed E-state index contributed by atoms with van der Waals surface area (Å²) in [5.41, 5.74) is 26.9. The Kier molecular flexibility index (Phi) is 19.4. The molecule has 1 aliphatic carbocycles. The third kappa shape index (κ3) is 17.0. The zero-order valence-corrected chi connectivity index (χ0v) is 40.1. The molecule has 0 atom stereocenters. The number of hydrogen-bond acceptors (Lipinski definition) is 11. The first kappa shape index (κ1) is 52.5. The van der Waals surface area contributed by atoms with Gasteiger partial charge in [-0.15, -0.1) is 0 Å². The summed E-state index contributed by atoms with van der Waals surface area (Å²) in [5.74, 6) is -0.00782. The van der Waals surface area contributed by atoms with E-state index in [0.717, 1.165) is 29.5 Å². The SMILES string of the molecule is NC(N)=Nc1ccc(CNC(=O)N2CCN(C(=O)O)CC2)cc1.Nc1ccc(CNC(=O)N2CCN(C(=O)OC3CCCC(OC(=O)N4CCN(C(=O)NCc5ccc(N)cc5)CC4)CCC3)CC2)cc1. The van der Waals surface area contributed by atoms with Gasteiger partial charge in [0.15, 0.2) is 5.96 Å². The Morgan fingerprint density at radius 3 is 1.08 bits per heavy atom. The number of amides is 9. The number of nitrogen functional groups attached to an aromatic ring is 2. The predicted octanol–water partition coefficient (Wildman–Crippen LogP) is 3.67. The van der Waals surface area contributed by atoms with E-state index in [4.69, 9.17) is 37.5 Å². The van der Waals surface area contributed by atoms with Crippen molar-refractivity contribution in [3.8, 4) is 0 Å². The van der Waals surface area contributed by atoms with E-state index in [0.29, 0.717) is 141 Å². The number of carbonyl (C=O) groups is 6. The molecule has 23 heteroatoms. The largest absolute Gasteiger partial charge is 0.465 e. The monoisotopic (exact) mass is 985 g/mol. The molecule has 12 N–H and O–H groups in total. The van der Waals surface area contributed by atoms with Gasteiger partial charge in [0.1, 0.15) is 12.2 Å². The van der Waals surface area contributed by atoms with Gasteiger partial charge in [-0.05, 0) is 91.6 Å². The minimum atomic E-state index is -0.953. The molecule has 0 spiro atoms. The fourth-order valence-corrected chi connectivity index (χ4v) is 8.37. The Balaban J connectivity index is 0.000000300. The van der Waals surface area contributed by atoms with Crippen LogP contribution in [0.15, 0.2) is 77.8 Å². The molecule has 3 saturated heterocycles. The van der Waals surface area contributed by atoms with E-state index in [9.17, 15) is 28.8 Å². The summed E-state index contributed by atoms with van der Waals surface area (Å²) >= 11 is 0. The van der Waals surface area contributed by atoms with Gasteiger partial charge in [-0.2, -0.15) is 0 Å². The summed E-state index contributed by atoms with van der Waals surface area (Å²) in [6.45, 7) is 6.06. The molecule has 384 valence electrons. The molecule has 0 aromatic heterocycles. The molecule has 0 unspecified atom stereocenters. The molecule has 23 nitrogen and oxygen atoms in total. The molecule has 3 aliphatic heterocycles. The van der Waals surface area contributed by atoms with Crippen LogP contribution in [0.1, 0.15) is 55.2 Å². The zero-order valence-electron chi connectivity index (χ0n) is 40.1. The molecule has 0 bridgehead atoms. The highest BCUT2D eigenvalue weighted by molar-refractivity contribution is 5.79.